The lowest BCUT2D eigenvalue weighted by Gasteiger charge is -2.40. The van der Waals surface area contributed by atoms with Gasteiger partial charge in [-0.3, -0.25) is 19.2 Å². The lowest BCUT2D eigenvalue weighted by atomic mass is 10.1. The highest BCUT2D eigenvalue weighted by Crippen LogP contribution is 2.39. The number of halogens is 5. The van der Waals surface area contributed by atoms with Crippen LogP contribution in [0.4, 0.5) is 39.4 Å². The van der Waals surface area contributed by atoms with Crippen LogP contribution in [0.3, 0.4) is 0 Å². The molecule has 2 atom stereocenters. The van der Waals surface area contributed by atoms with Crippen LogP contribution < -0.4 is 15.4 Å². The third-order valence-corrected chi connectivity index (χ3v) is 5.44. The number of nitrogens with zero attached hydrogens (tertiary/aromatic N) is 5. The summed E-state index contributed by atoms with van der Waals surface area (Å²) in [6.07, 6.45) is -6.92. The fourth-order valence-corrected chi connectivity index (χ4v) is 3.89. The number of hydrogen-bond acceptors (Lipinski definition) is 6. The number of fused-ring (bicyclic) bond motifs is 1. The van der Waals surface area contributed by atoms with Crippen LogP contribution in [0.2, 0.25) is 0 Å². The third kappa shape index (κ3) is 4.08. The summed E-state index contributed by atoms with van der Waals surface area (Å²) < 4.78 is 73.9. The Balaban J connectivity index is 1.84. The molecule has 0 amide bonds. The summed E-state index contributed by atoms with van der Waals surface area (Å²) in [5, 5.41) is 0. The standard InChI is InChI=1S/C19H20F5N5O2/c1-11-10-31-7-6-27(11)15-8-16(30)28-5-4-14(19(22,23)24)29(18(28)26-15)12-2-3-13(17(20)21)25-9-12/h2-3,8-9,11,14,17H,4-7,10H2,1H3. The number of hydrogen-bond donors (Lipinski definition) is 0. The molecule has 0 bridgehead atoms. The van der Waals surface area contributed by atoms with E-state index in [1.807, 2.05) is 6.92 Å². The molecule has 2 aliphatic rings. The number of rotatable bonds is 3. The first kappa shape index (κ1) is 21.5. The molecule has 2 aromatic rings. The van der Waals surface area contributed by atoms with Gasteiger partial charge < -0.3 is 9.64 Å². The maximum absolute atomic E-state index is 13.9. The molecule has 1 saturated heterocycles. The monoisotopic (exact) mass is 445 g/mol. The number of ether oxygens (including phenoxy) is 1. The third-order valence-electron chi connectivity index (χ3n) is 5.44. The van der Waals surface area contributed by atoms with Crippen molar-refractivity contribution in [3.63, 3.8) is 0 Å². The second-order valence-electron chi connectivity index (χ2n) is 7.48. The average molecular weight is 445 g/mol. The smallest absolute Gasteiger partial charge is 0.377 e. The molecule has 0 aliphatic carbocycles. The number of alkyl halides is 5. The molecule has 4 heterocycles. The van der Waals surface area contributed by atoms with Gasteiger partial charge in [-0.05, 0) is 25.5 Å². The van der Waals surface area contributed by atoms with Crippen molar-refractivity contribution in [2.24, 2.45) is 0 Å². The molecular formula is C19H20F5N5O2. The molecule has 1 fully saturated rings. The molecule has 0 N–H and O–H groups in total. The van der Waals surface area contributed by atoms with E-state index in [4.69, 9.17) is 4.74 Å². The van der Waals surface area contributed by atoms with Gasteiger partial charge in [-0.2, -0.15) is 18.2 Å². The lowest BCUT2D eigenvalue weighted by Crippen LogP contribution is -2.51. The minimum absolute atomic E-state index is 0.0701. The van der Waals surface area contributed by atoms with E-state index in [9.17, 15) is 26.7 Å². The summed E-state index contributed by atoms with van der Waals surface area (Å²) >= 11 is 0. The van der Waals surface area contributed by atoms with Crippen LogP contribution in [-0.4, -0.2) is 52.6 Å². The Morgan fingerprint density at radius 2 is 2.00 bits per heavy atom. The Hall–Kier alpha value is -2.76. The summed E-state index contributed by atoms with van der Waals surface area (Å²) in [6.45, 7) is 2.93. The van der Waals surface area contributed by atoms with E-state index >= 15 is 0 Å². The van der Waals surface area contributed by atoms with Crippen molar-refractivity contribution in [1.29, 1.82) is 0 Å². The minimum Gasteiger partial charge on any atom is -0.377 e. The first-order chi connectivity index (χ1) is 14.7. The Morgan fingerprint density at radius 1 is 1.23 bits per heavy atom. The molecule has 2 aliphatic heterocycles. The van der Waals surface area contributed by atoms with Gasteiger partial charge in [-0.1, -0.05) is 0 Å². The van der Waals surface area contributed by atoms with Crippen LogP contribution in [0.25, 0.3) is 0 Å². The molecule has 31 heavy (non-hydrogen) atoms. The highest BCUT2D eigenvalue weighted by Gasteiger charge is 2.47. The minimum atomic E-state index is -4.63. The summed E-state index contributed by atoms with van der Waals surface area (Å²) in [4.78, 5) is 23.4. The summed E-state index contributed by atoms with van der Waals surface area (Å²) in [5.74, 6) is 0.0541. The molecule has 2 unspecified atom stereocenters. The largest absolute Gasteiger partial charge is 0.409 e. The van der Waals surface area contributed by atoms with Gasteiger partial charge >= 0.3 is 6.18 Å². The quantitative estimate of drug-likeness (QED) is 0.676. The Labute approximate surface area is 174 Å². The summed E-state index contributed by atoms with van der Waals surface area (Å²) in [5.41, 5.74) is -1.11. The van der Waals surface area contributed by atoms with E-state index in [1.165, 1.54) is 6.07 Å². The van der Waals surface area contributed by atoms with Crippen LogP contribution in [0.15, 0.2) is 29.2 Å². The lowest BCUT2D eigenvalue weighted by molar-refractivity contribution is -0.150. The number of anilines is 3. The van der Waals surface area contributed by atoms with Gasteiger partial charge in [0.2, 0.25) is 5.95 Å². The highest BCUT2D eigenvalue weighted by molar-refractivity contribution is 5.61. The molecule has 168 valence electrons. The highest BCUT2D eigenvalue weighted by atomic mass is 19.4. The van der Waals surface area contributed by atoms with Gasteiger partial charge in [-0.15, -0.1) is 0 Å². The molecule has 0 radical (unpaired) electrons. The van der Waals surface area contributed by atoms with Gasteiger partial charge in [0.25, 0.3) is 12.0 Å². The molecule has 0 spiro atoms. The van der Waals surface area contributed by atoms with Crippen LogP contribution in [0.5, 0.6) is 0 Å². The predicted molar refractivity (Wildman–Crippen MR) is 102 cm³/mol. The fraction of sp³-hybridized carbons (Fsp3) is 0.526. The zero-order valence-electron chi connectivity index (χ0n) is 16.5. The first-order valence-electron chi connectivity index (χ1n) is 9.73. The topological polar surface area (TPSA) is 63.5 Å². The van der Waals surface area contributed by atoms with Crippen molar-refractivity contribution in [2.45, 2.75) is 44.6 Å². The van der Waals surface area contributed by atoms with Gasteiger partial charge in [0, 0.05) is 19.2 Å². The van der Waals surface area contributed by atoms with Crippen molar-refractivity contribution in [1.82, 2.24) is 14.5 Å². The van der Waals surface area contributed by atoms with Gasteiger partial charge in [0.05, 0.1) is 31.1 Å². The SMILES string of the molecule is CC1COCCN1c1cc(=O)n2c(n1)N(c1ccc(C(F)F)nc1)C(C(F)(F)F)CC2. The van der Waals surface area contributed by atoms with E-state index in [1.54, 1.807) is 4.90 Å². The van der Waals surface area contributed by atoms with E-state index in [0.29, 0.717) is 19.8 Å². The van der Waals surface area contributed by atoms with Gasteiger partial charge in [0.15, 0.2) is 0 Å². The second-order valence-corrected chi connectivity index (χ2v) is 7.48. The Morgan fingerprint density at radius 3 is 2.61 bits per heavy atom. The fourth-order valence-electron chi connectivity index (χ4n) is 3.89. The van der Waals surface area contributed by atoms with Crippen LogP contribution in [-0.2, 0) is 11.3 Å². The molecule has 12 heteroatoms. The van der Waals surface area contributed by atoms with Gasteiger partial charge in [-0.25, -0.2) is 8.78 Å². The summed E-state index contributed by atoms with van der Waals surface area (Å²) in [6, 6.07) is 1.31. The molecular weight excluding hydrogens is 425 g/mol. The maximum Gasteiger partial charge on any atom is 0.409 e. The van der Waals surface area contributed by atoms with Crippen LogP contribution in [0, 0.1) is 0 Å². The average Bonchev–Trinajstić information content (AvgIpc) is 2.72. The van der Waals surface area contributed by atoms with Crippen molar-refractivity contribution in [2.75, 3.05) is 29.6 Å². The normalized spacial score (nSPS) is 22.0. The van der Waals surface area contributed by atoms with E-state index < -0.39 is 29.9 Å². The second kappa shape index (κ2) is 8.06. The predicted octanol–water partition coefficient (Wildman–Crippen LogP) is 3.27. The van der Waals surface area contributed by atoms with Crippen molar-refractivity contribution >= 4 is 17.5 Å². The van der Waals surface area contributed by atoms with Crippen LogP contribution in [0.1, 0.15) is 25.5 Å². The van der Waals surface area contributed by atoms with E-state index in [-0.39, 0.29) is 36.5 Å². The van der Waals surface area contributed by atoms with Crippen molar-refractivity contribution in [3.8, 4) is 0 Å². The molecule has 2 aromatic heterocycles. The zero-order chi connectivity index (χ0) is 22.3. The number of pyridine rings is 1. The van der Waals surface area contributed by atoms with E-state index in [0.717, 1.165) is 27.8 Å². The van der Waals surface area contributed by atoms with E-state index in [2.05, 4.69) is 9.97 Å². The first-order valence-corrected chi connectivity index (χ1v) is 9.73. The summed E-state index contributed by atoms with van der Waals surface area (Å²) in [7, 11) is 0. The maximum atomic E-state index is 13.9. The van der Waals surface area contributed by atoms with Gasteiger partial charge in [0.1, 0.15) is 17.6 Å². The molecule has 4 rings (SSSR count). The Kier molecular flexibility index (Phi) is 5.58. The van der Waals surface area contributed by atoms with Crippen molar-refractivity contribution < 1.29 is 26.7 Å². The molecule has 7 nitrogen and oxygen atoms in total. The molecule has 0 saturated carbocycles. The van der Waals surface area contributed by atoms with Crippen LogP contribution >= 0.6 is 0 Å². The zero-order valence-corrected chi connectivity index (χ0v) is 16.5. The van der Waals surface area contributed by atoms with Crippen molar-refractivity contribution in [3.05, 3.63) is 40.4 Å². The number of morpholine rings is 1. The Bertz CT molecular complexity index is 995. The number of aromatic nitrogens is 3. The molecule has 0 aromatic carbocycles.